The third-order valence-electron chi connectivity index (χ3n) is 3.31. The summed E-state index contributed by atoms with van der Waals surface area (Å²) in [5, 5.41) is 4.67. The number of hydrogen-bond acceptors (Lipinski definition) is 6. The average Bonchev–Trinajstić information content (AvgIpc) is 2.83. The number of aryl methyl sites for hydroxylation is 1. The van der Waals surface area contributed by atoms with E-state index in [1.165, 1.54) is 23.5 Å². The van der Waals surface area contributed by atoms with Crippen LogP contribution in [0.5, 0.6) is 0 Å². The molecular weight excluding hydrogens is 276 g/mol. The maximum atomic E-state index is 5.82. The van der Waals surface area contributed by atoms with Crippen molar-refractivity contribution in [1.82, 2.24) is 9.97 Å². The number of aromatic nitrogens is 2. The topological polar surface area (TPSA) is 63.8 Å². The Balaban J connectivity index is 1.94. The Morgan fingerprint density at radius 1 is 1.47 bits per heavy atom. The molecule has 1 saturated heterocycles. The number of hydrogen-bond donors (Lipinski definition) is 2. The van der Waals surface area contributed by atoms with Gasteiger partial charge in [0.15, 0.2) is 0 Å². The van der Waals surface area contributed by atoms with E-state index in [1.54, 1.807) is 11.3 Å². The Morgan fingerprint density at radius 2 is 2.37 bits per heavy atom. The van der Waals surface area contributed by atoms with E-state index in [2.05, 4.69) is 28.3 Å². The van der Waals surface area contributed by atoms with Crippen LogP contribution in [-0.4, -0.2) is 27.5 Å². The zero-order chi connectivity index (χ0) is 13.2. The molecule has 2 aromatic rings. The lowest BCUT2D eigenvalue weighted by molar-refractivity contribution is 0.683. The van der Waals surface area contributed by atoms with Crippen LogP contribution in [0.15, 0.2) is 6.07 Å². The first-order valence-electron chi connectivity index (χ1n) is 6.66. The smallest absolute Gasteiger partial charge is 0.223 e. The molecule has 4 nitrogen and oxygen atoms in total. The van der Waals surface area contributed by atoms with Crippen LogP contribution in [0, 0.1) is 0 Å². The van der Waals surface area contributed by atoms with Crippen LogP contribution in [0.25, 0.3) is 10.2 Å². The fourth-order valence-electron chi connectivity index (χ4n) is 2.32. The second-order valence-electron chi connectivity index (χ2n) is 4.77. The van der Waals surface area contributed by atoms with E-state index in [-0.39, 0.29) is 0 Å². The molecule has 3 rings (SSSR count). The number of anilines is 2. The highest BCUT2D eigenvalue weighted by Crippen LogP contribution is 2.31. The van der Waals surface area contributed by atoms with Gasteiger partial charge in [-0.3, -0.25) is 0 Å². The number of rotatable bonds is 3. The van der Waals surface area contributed by atoms with E-state index in [0.717, 1.165) is 28.2 Å². The summed E-state index contributed by atoms with van der Waals surface area (Å²) >= 11 is 3.72. The molecule has 2 aromatic heterocycles. The van der Waals surface area contributed by atoms with Crippen molar-refractivity contribution >= 4 is 45.1 Å². The maximum absolute atomic E-state index is 5.82. The van der Waals surface area contributed by atoms with Crippen molar-refractivity contribution in [1.29, 1.82) is 0 Å². The number of nitrogens with two attached hydrogens (primary N) is 1. The molecule has 6 heteroatoms. The Hall–Kier alpha value is -1.01. The zero-order valence-corrected chi connectivity index (χ0v) is 12.6. The second-order valence-corrected chi connectivity index (χ2v) is 7.04. The summed E-state index contributed by atoms with van der Waals surface area (Å²) in [4.78, 5) is 11.1. The molecule has 0 aliphatic carbocycles. The first-order valence-corrected chi connectivity index (χ1v) is 8.63. The molecule has 0 saturated carbocycles. The average molecular weight is 294 g/mol. The van der Waals surface area contributed by atoms with Gasteiger partial charge < -0.3 is 11.1 Å². The van der Waals surface area contributed by atoms with Crippen LogP contribution in [-0.2, 0) is 6.42 Å². The fraction of sp³-hybridized carbons (Fsp3) is 0.538. The van der Waals surface area contributed by atoms with Crippen LogP contribution >= 0.6 is 23.1 Å². The molecule has 0 amide bonds. The quantitative estimate of drug-likeness (QED) is 0.910. The van der Waals surface area contributed by atoms with Crippen molar-refractivity contribution < 1.29 is 0 Å². The summed E-state index contributed by atoms with van der Waals surface area (Å²) in [6, 6.07) is 2.69. The van der Waals surface area contributed by atoms with Crippen molar-refractivity contribution in [2.45, 2.75) is 32.2 Å². The van der Waals surface area contributed by atoms with Crippen molar-refractivity contribution in [3.63, 3.8) is 0 Å². The molecule has 1 atom stereocenters. The van der Waals surface area contributed by atoms with Gasteiger partial charge in [-0.1, -0.05) is 6.92 Å². The molecule has 0 spiro atoms. The molecule has 3 N–H and O–H groups in total. The van der Waals surface area contributed by atoms with Gasteiger partial charge in [-0.2, -0.15) is 16.7 Å². The number of nitrogen functional groups attached to an aromatic ring is 1. The summed E-state index contributed by atoms with van der Waals surface area (Å²) in [5.74, 6) is 3.70. The van der Waals surface area contributed by atoms with Crippen LogP contribution in [0.2, 0.25) is 0 Å². The zero-order valence-electron chi connectivity index (χ0n) is 11.0. The van der Waals surface area contributed by atoms with E-state index in [4.69, 9.17) is 5.73 Å². The Labute approximate surface area is 121 Å². The normalized spacial score (nSPS) is 19.7. The van der Waals surface area contributed by atoms with E-state index in [0.29, 0.717) is 12.0 Å². The summed E-state index contributed by atoms with van der Waals surface area (Å²) < 4.78 is 0. The summed E-state index contributed by atoms with van der Waals surface area (Å²) in [6.45, 7) is 2.16. The third-order valence-corrected chi connectivity index (χ3v) is 5.70. The minimum Gasteiger partial charge on any atom is -0.368 e. The van der Waals surface area contributed by atoms with Crippen LogP contribution < -0.4 is 11.1 Å². The van der Waals surface area contributed by atoms with Crippen LogP contribution in [0.1, 0.15) is 24.6 Å². The molecule has 1 unspecified atom stereocenters. The van der Waals surface area contributed by atoms with E-state index >= 15 is 0 Å². The predicted molar refractivity (Wildman–Crippen MR) is 85.2 cm³/mol. The highest BCUT2D eigenvalue weighted by molar-refractivity contribution is 7.99. The molecule has 0 bridgehead atoms. The Morgan fingerprint density at radius 3 is 3.11 bits per heavy atom. The van der Waals surface area contributed by atoms with E-state index < -0.39 is 0 Å². The summed E-state index contributed by atoms with van der Waals surface area (Å²) in [6.07, 6.45) is 3.51. The molecule has 1 aliphatic heterocycles. The monoisotopic (exact) mass is 294 g/mol. The van der Waals surface area contributed by atoms with Gasteiger partial charge in [-0.15, -0.1) is 11.3 Å². The molecule has 1 aliphatic rings. The van der Waals surface area contributed by atoms with E-state index in [9.17, 15) is 0 Å². The number of fused-ring (bicyclic) bond motifs is 1. The third kappa shape index (κ3) is 2.79. The highest BCUT2D eigenvalue weighted by Gasteiger charge is 2.17. The molecule has 102 valence electrons. The van der Waals surface area contributed by atoms with Crippen molar-refractivity contribution in [3.05, 3.63) is 10.9 Å². The van der Waals surface area contributed by atoms with Gasteiger partial charge in [0.2, 0.25) is 5.95 Å². The lowest BCUT2D eigenvalue weighted by atomic mass is 10.2. The van der Waals surface area contributed by atoms with Crippen LogP contribution in [0.4, 0.5) is 11.8 Å². The second kappa shape index (κ2) is 5.54. The maximum Gasteiger partial charge on any atom is 0.223 e. The van der Waals surface area contributed by atoms with Gasteiger partial charge in [-0.25, -0.2) is 4.98 Å². The van der Waals surface area contributed by atoms with Gasteiger partial charge >= 0.3 is 0 Å². The predicted octanol–water partition coefficient (Wildman–Crippen LogP) is 3.14. The molecule has 3 heterocycles. The number of thiophene rings is 1. The summed E-state index contributed by atoms with van der Waals surface area (Å²) in [7, 11) is 0. The minimum absolute atomic E-state index is 0.364. The van der Waals surface area contributed by atoms with Gasteiger partial charge in [0.05, 0.1) is 5.39 Å². The minimum atomic E-state index is 0.364. The van der Waals surface area contributed by atoms with Gasteiger partial charge in [0.1, 0.15) is 10.6 Å². The summed E-state index contributed by atoms with van der Waals surface area (Å²) in [5.41, 5.74) is 5.82. The van der Waals surface area contributed by atoms with Crippen molar-refractivity contribution in [3.8, 4) is 0 Å². The lowest BCUT2D eigenvalue weighted by Gasteiger charge is -2.23. The van der Waals surface area contributed by atoms with Crippen LogP contribution in [0.3, 0.4) is 0 Å². The highest BCUT2D eigenvalue weighted by atomic mass is 32.2. The van der Waals surface area contributed by atoms with Crippen molar-refractivity contribution in [2.24, 2.45) is 0 Å². The van der Waals surface area contributed by atoms with Gasteiger partial charge in [0.25, 0.3) is 0 Å². The molecule has 19 heavy (non-hydrogen) atoms. The molecule has 0 aromatic carbocycles. The first-order chi connectivity index (χ1) is 9.26. The van der Waals surface area contributed by atoms with Crippen molar-refractivity contribution in [2.75, 3.05) is 22.6 Å². The van der Waals surface area contributed by atoms with Gasteiger partial charge in [-0.05, 0) is 31.1 Å². The first kappa shape index (κ1) is 13.0. The largest absolute Gasteiger partial charge is 0.368 e. The Bertz CT molecular complexity index is 575. The Kier molecular flexibility index (Phi) is 3.79. The van der Waals surface area contributed by atoms with E-state index in [1.807, 2.05) is 11.8 Å². The molecular formula is C13H18N4S2. The number of nitrogens with zero attached hydrogens (tertiary/aromatic N) is 2. The lowest BCUT2D eigenvalue weighted by Crippen LogP contribution is -2.26. The van der Waals surface area contributed by atoms with Gasteiger partial charge in [0, 0.05) is 16.7 Å². The SMILES string of the molecule is CCc1cc2c(NC3CCCSC3)nc(N)nc2s1. The molecule has 1 fully saturated rings. The molecule has 0 radical (unpaired) electrons. The fourth-order valence-corrected chi connectivity index (χ4v) is 4.37. The number of thioether (sulfide) groups is 1. The standard InChI is InChI=1S/C13H18N4S2/c1-2-9-6-10-11(15-8-4-3-5-18-7-8)16-13(14)17-12(10)19-9/h6,8H,2-5,7H2,1H3,(H3,14,15,16,17). The number of nitrogens with one attached hydrogen (secondary N) is 1.